The molecule has 0 saturated carbocycles. The van der Waals surface area contributed by atoms with Crippen LogP contribution in [0, 0.1) is 11.3 Å². The van der Waals surface area contributed by atoms with Crippen LogP contribution in [0.1, 0.15) is 30.8 Å². The highest BCUT2D eigenvalue weighted by Gasteiger charge is 2.38. The number of aromatic nitrogens is 5. The molecular formula is C20H21F3N8O4. The van der Waals surface area contributed by atoms with Gasteiger partial charge in [0.05, 0.1) is 43.6 Å². The molecule has 1 N–H and O–H groups in total. The number of H-pyrrole nitrogens is 1. The first-order valence-electron chi connectivity index (χ1n) is 10.7. The van der Waals surface area contributed by atoms with E-state index in [9.17, 15) is 22.8 Å². The van der Waals surface area contributed by atoms with E-state index in [2.05, 4.69) is 15.2 Å². The fourth-order valence-electron chi connectivity index (χ4n) is 3.79. The van der Waals surface area contributed by atoms with Crippen molar-refractivity contribution in [3.05, 3.63) is 34.2 Å². The summed E-state index contributed by atoms with van der Waals surface area (Å²) in [5.41, 5.74) is -2.32. The van der Waals surface area contributed by atoms with Crippen molar-refractivity contribution in [2.24, 2.45) is 0 Å². The van der Waals surface area contributed by atoms with E-state index in [1.54, 1.807) is 11.8 Å². The van der Waals surface area contributed by atoms with Gasteiger partial charge in [-0.05, 0) is 6.92 Å². The van der Waals surface area contributed by atoms with Gasteiger partial charge in [-0.25, -0.2) is 10.1 Å². The van der Waals surface area contributed by atoms with Gasteiger partial charge in [0.15, 0.2) is 5.69 Å². The van der Waals surface area contributed by atoms with Gasteiger partial charge in [-0.15, -0.1) is 0 Å². The zero-order valence-electron chi connectivity index (χ0n) is 18.6. The molecule has 1 atom stereocenters. The topological polar surface area (TPSA) is 146 Å². The quantitative estimate of drug-likeness (QED) is 0.480. The van der Waals surface area contributed by atoms with Crippen LogP contribution >= 0.6 is 0 Å². The number of fused-ring (bicyclic) bond motifs is 1. The Kier molecular flexibility index (Phi) is 6.74. The van der Waals surface area contributed by atoms with Crippen molar-refractivity contribution >= 4 is 22.8 Å². The Bertz CT molecular complexity index is 1300. The predicted octanol–water partition coefficient (Wildman–Crippen LogP) is 1.31. The minimum atomic E-state index is -4.81. The van der Waals surface area contributed by atoms with E-state index in [0.717, 1.165) is 10.9 Å². The van der Waals surface area contributed by atoms with Crippen LogP contribution in [0.2, 0.25) is 0 Å². The number of hydrogen-bond acceptors (Lipinski definition) is 9. The third-order valence-corrected chi connectivity index (χ3v) is 5.54. The fourth-order valence-corrected chi connectivity index (χ4v) is 3.79. The van der Waals surface area contributed by atoms with E-state index in [0.29, 0.717) is 32.2 Å². The average Bonchev–Trinajstić information content (AvgIpc) is 3.47. The van der Waals surface area contributed by atoms with Gasteiger partial charge in [0.2, 0.25) is 11.7 Å². The first-order valence-corrected chi connectivity index (χ1v) is 10.7. The van der Waals surface area contributed by atoms with Crippen molar-refractivity contribution in [1.29, 1.82) is 5.26 Å². The molecule has 3 aromatic rings. The van der Waals surface area contributed by atoms with Gasteiger partial charge >= 0.3 is 6.18 Å². The second kappa shape index (κ2) is 9.74. The van der Waals surface area contributed by atoms with Crippen LogP contribution in [-0.4, -0.2) is 75.2 Å². The van der Waals surface area contributed by atoms with Crippen LogP contribution in [0.15, 0.2) is 21.6 Å². The Balaban J connectivity index is 1.28. The fraction of sp³-hybridized carbons (Fsp3) is 0.500. The summed E-state index contributed by atoms with van der Waals surface area (Å²) in [7, 11) is 0. The monoisotopic (exact) mass is 494 g/mol. The number of carbonyl (C=O) groups excluding carboxylic acids is 1. The maximum absolute atomic E-state index is 13.3. The number of ether oxygens (including phenoxy) is 1. The number of amides is 1. The largest absolute Gasteiger partial charge is 0.435 e. The maximum Gasteiger partial charge on any atom is 0.435 e. The highest BCUT2D eigenvalue weighted by atomic mass is 19.4. The van der Waals surface area contributed by atoms with Crippen molar-refractivity contribution < 1.29 is 27.1 Å². The second-order valence-electron chi connectivity index (χ2n) is 7.91. The lowest BCUT2D eigenvalue weighted by molar-refractivity contribution is -0.140. The maximum atomic E-state index is 13.3. The number of aromatic amines is 1. The Morgan fingerprint density at radius 3 is 2.71 bits per heavy atom. The number of nitrogens with zero attached hydrogens (tertiary/aromatic N) is 7. The molecule has 12 nitrogen and oxygen atoms in total. The molecule has 1 aliphatic rings. The summed E-state index contributed by atoms with van der Waals surface area (Å²) in [4.78, 5) is 32.0. The van der Waals surface area contributed by atoms with Gasteiger partial charge in [-0.1, -0.05) is 0 Å². The van der Waals surface area contributed by atoms with Crippen LogP contribution in [-0.2, 0) is 15.7 Å². The molecule has 4 rings (SSSR count). The molecule has 0 spiro atoms. The zero-order chi connectivity index (χ0) is 25.2. The summed E-state index contributed by atoms with van der Waals surface area (Å²) in [6.07, 6.45) is -2.26. The molecule has 15 heteroatoms. The number of anilines is 1. The van der Waals surface area contributed by atoms with E-state index in [1.165, 1.54) is 6.20 Å². The minimum Gasteiger partial charge on any atom is -0.413 e. The van der Waals surface area contributed by atoms with Crippen molar-refractivity contribution in [3.63, 3.8) is 0 Å². The molecule has 0 bridgehead atoms. The Hall–Kier alpha value is -3.93. The molecule has 35 heavy (non-hydrogen) atoms. The highest BCUT2D eigenvalue weighted by molar-refractivity contribution is 5.80. The molecule has 1 saturated heterocycles. The first kappa shape index (κ1) is 24.2. The van der Waals surface area contributed by atoms with E-state index < -0.39 is 28.9 Å². The van der Waals surface area contributed by atoms with Gasteiger partial charge < -0.3 is 19.0 Å². The number of oxazole rings is 1. The smallest absolute Gasteiger partial charge is 0.413 e. The van der Waals surface area contributed by atoms with Crippen molar-refractivity contribution in [1.82, 2.24) is 29.9 Å². The summed E-state index contributed by atoms with van der Waals surface area (Å²) in [5, 5.41) is 17.4. The highest BCUT2D eigenvalue weighted by Crippen LogP contribution is 2.33. The van der Waals surface area contributed by atoms with Crippen LogP contribution in [0.3, 0.4) is 0 Å². The lowest BCUT2D eigenvalue weighted by Gasteiger charge is -2.33. The number of halogens is 3. The van der Waals surface area contributed by atoms with Crippen molar-refractivity contribution in [2.75, 3.05) is 44.3 Å². The van der Waals surface area contributed by atoms with Crippen molar-refractivity contribution in [3.8, 4) is 6.07 Å². The predicted molar refractivity (Wildman–Crippen MR) is 113 cm³/mol. The third kappa shape index (κ3) is 5.11. The van der Waals surface area contributed by atoms with Gasteiger partial charge in [0.1, 0.15) is 11.5 Å². The molecule has 1 aliphatic heterocycles. The van der Waals surface area contributed by atoms with E-state index in [1.807, 2.05) is 16.1 Å². The van der Waals surface area contributed by atoms with E-state index in [4.69, 9.17) is 14.4 Å². The number of hydrogen-bond donors (Lipinski definition) is 1. The summed E-state index contributed by atoms with van der Waals surface area (Å²) in [6, 6.07) is 1.56. The Morgan fingerprint density at radius 2 is 2.06 bits per heavy atom. The molecule has 0 radical (unpaired) electrons. The van der Waals surface area contributed by atoms with Crippen LogP contribution in [0.4, 0.5) is 19.2 Å². The summed E-state index contributed by atoms with van der Waals surface area (Å²) < 4.78 is 51.9. The standard InChI is InChI=1S/C20H21F3N8O4/c1-12(31-14-10-26-27-18(33)16(14)17(28-31)20(21,22)23)11-34-7-2-15(32)29-3-5-30(6-4-29)19-25-9-13(8-24)35-19/h9-10,12H,2-7,11H2,1H3,(H,27,33). The molecular weight excluding hydrogens is 473 g/mol. The SMILES string of the molecule is CC(COCCC(=O)N1CCN(c2ncc(C#N)o2)CC1)n1nc(C(F)(F)F)c2c(=O)[nH]ncc21. The van der Waals surface area contributed by atoms with Crippen molar-refractivity contribution in [2.45, 2.75) is 25.6 Å². The average molecular weight is 494 g/mol. The Morgan fingerprint density at radius 1 is 1.31 bits per heavy atom. The zero-order valence-corrected chi connectivity index (χ0v) is 18.6. The number of nitrogens with one attached hydrogen (secondary N) is 1. The minimum absolute atomic E-state index is 0.0205. The number of rotatable bonds is 7. The third-order valence-electron chi connectivity index (χ3n) is 5.54. The number of piperazine rings is 1. The van der Waals surface area contributed by atoms with Gasteiger partial charge in [-0.3, -0.25) is 14.3 Å². The number of alkyl halides is 3. The normalized spacial score (nSPS) is 15.4. The van der Waals surface area contributed by atoms with Crippen LogP contribution < -0.4 is 10.5 Å². The second-order valence-corrected chi connectivity index (χ2v) is 7.91. The van der Waals surface area contributed by atoms with E-state index in [-0.39, 0.29) is 36.8 Å². The number of carbonyl (C=O) groups is 1. The van der Waals surface area contributed by atoms with E-state index >= 15 is 0 Å². The molecule has 3 aromatic heterocycles. The molecule has 4 heterocycles. The molecule has 0 aromatic carbocycles. The molecule has 1 fully saturated rings. The summed E-state index contributed by atoms with van der Waals surface area (Å²) in [5.74, 6) is -0.00672. The van der Waals surface area contributed by atoms with Gasteiger partial charge in [0.25, 0.3) is 11.6 Å². The van der Waals surface area contributed by atoms with Gasteiger partial charge in [-0.2, -0.15) is 28.6 Å². The van der Waals surface area contributed by atoms with Gasteiger partial charge in [0, 0.05) is 26.2 Å². The molecule has 1 amide bonds. The Labute approximate surface area is 195 Å². The number of nitriles is 1. The van der Waals surface area contributed by atoms with Crippen LogP contribution in [0.5, 0.6) is 0 Å². The lowest BCUT2D eigenvalue weighted by atomic mass is 10.2. The summed E-state index contributed by atoms with van der Waals surface area (Å²) >= 11 is 0. The lowest BCUT2D eigenvalue weighted by Crippen LogP contribution is -2.49. The molecule has 1 unspecified atom stereocenters. The summed E-state index contributed by atoms with van der Waals surface area (Å²) in [6.45, 7) is 3.52. The van der Waals surface area contributed by atoms with Crippen LogP contribution in [0.25, 0.3) is 10.9 Å². The molecule has 186 valence electrons. The first-order chi connectivity index (χ1) is 16.7. The molecule has 0 aliphatic carbocycles.